The molecule has 0 heterocycles. The Hall–Kier alpha value is -0.910. The van der Waals surface area contributed by atoms with Crippen molar-refractivity contribution in [1.29, 1.82) is 0 Å². The van der Waals surface area contributed by atoms with E-state index in [1.165, 1.54) is 0 Å². The van der Waals surface area contributed by atoms with Gasteiger partial charge in [0.1, 0.15) is 0 Å². The summed E-state index contributed by atoms with van der Waals surface area (Å²) in [4.78, 5) is 9.25. The molecule has 0 spiro atoms. The highest BCUT2D eigenvalue weighted by atomic mass is 16.9. The Balaban J connectivity index is 0. The van der Waals surface area contributed by atoms with Crippen LogP contribution in [-0.2, 0) is 19.0 Å². The van der Waals surface area contributed by atoms with Gasteiger partial charge in [-0.15, -0.1) is 0 Å². The first-order chi connectivity index (χ1) is 8.01. The molecule has 17 heavy (non-hydrogen) atoms. The molecule has 0 aromatic heterocycles. The number of ether oxygens (including phenoxy) is 3. The van der Waals surface area contributed by atoms with Crippen LogP contribution in [0.15, 0.2) is 12.7 Å². The van der Waals surface area contributed by atoms with E-state index in [-0.39, 0.29) is 0 Å². The summed E-state index contributed by atoms with van der Waals surface area (Å²) in [6, 6.07) is 0. The van der Waals surface area contributed by atoms with Gasteiger partial charge in [-0.2, -0.15) is 0 Å². The predicted octanol–water partition coefficient (Wildman–Crippen LogP) is 2.42. The van der Waals surface area contributed by atoms with Crippen LogP contribution in [0.2, 0.25) is 0 Å². The largest absolute Gasteiger partial charge is 0.478 e. The van der Waals surface area contributed by atoms with Crippen molar-refractivity contribution in [1.82, 2.24) is 0 Å². The van der Waals surface area contributed by atoms with Crippen LogP contribution in [0.5, 0.6) is 0 Å². The molecule has 5 heteroatoms. The van der Waals surface area contributed by atoms with Crippen LogP contribution in [-0.4, -0.2) is 36.9 Å². The van der Waals surface area contributed by atoms with Gasteiger partial charge in [0.05, 0.1) is 0 Å². The molecule has 5 nitrogen and oxygen atoms in total. The molecule has 102 valence electrons. The number of hydrogen-bond donors (Lipinski definition) is 1. The lowest BCUT2D eigenvalue weighted by Gasteiger charge is -2.31. The zero-order valence-corrected chi connectivity index (χ0v) is 11.2. The summed E-state index contributed by atoms with van der Waals surface area (Å²) in [6.45, 7) is 12.6. The Labute approximate surface area is 103 Å². The zero-order valence-electron chi connectivity index (χ0n) is 11.2. The van der Waals surface area contributed by atoms with Gasteiger partial charge in [-0.3, -0.25) is 0 Å². The van der Waals surface area contributed by atoms with Crippen molar-refractivity contribution in [3.63, 3.8) is 0 Å². The SMILES string of the molecule is C=CC(=O)O.CCOC(CC)(OCC)OCC. The fraction of sp³-hybridized carbons (Fsp3) is 0.750. The van der Waals surface area contributed by atoms with Gasteiger partial charge in [-0.05, 0) is 20.8 Å². The molecule has 0 saturated carbocycles. The molecular formula is C12H24O5. The van der Waals surface area contributed by atoms with Gasteiger partial charge in [0.15, 0.2) is 0 Å². The van der Waals surface area contributed by atoms with Crippen molar-refractivity contribution in [3.8, 4) is 0 Å². The van der Waals surface area contributed by atoms with E-state index in [0.29, 0.717) is 26.2 Å². The molecule has 0 saturated heterocycles. The van der Waals surface area contributed by atoms with Crippen LogP contribution in [0.4, 0.5) is 0 Å². The van der Waals surface area contributed by atoms with Crippen molar-refractivity contribution >= 4 is 5.97 Å². The van der Waals surface area contributed by atoms with E-state index in [4.69, 9.17) is 19.3 Å². The Bertz CT molecular complexity index is 186. The fourth-order valence-electron chi connectivity index (χ4n) is 1.09. The molecule has 0 fully saturated rings. The van der Waals surface area contributed by atoms with Crippen LogP contribution in [0.25, 0.3) is 0 Å². The van der Waals surface area contributed by atoms with E-state index in [0.717, 1.165) is 6.08 Å². The summed E-state index contributed by atoms with van der Waals surface area (Å²) in [5, 5.41) is 7.60. The monoisotopic (exact) mass is 248 g/mol. The van der Waals surface area contributed by atoms with Gasteiger partial charge in [0.2, 0.25) is 0 Å². The second kappa shape index (κ2) is 11.6. The van der Waals surface area contributed by atoms with Crippen molar-refractivity contribution in [2.24, 2.45) is 0 Å². The number of aliphatic carboxylic acids is 1. The van der Waals surface area contributed by atoms with Crippen molar-refractivity contribution in [2.45, 2.75) is 40.1 Å². The maximum Gasteiger partial charge on any atom is 0.327 e. The Morgan fingerprint density at radius 1 is 1.12 bits per heavy atom. The average molecular weight is 248 g/mol. The number of carbonyl (C=O) groups is 1. The number of carboxylic acid groups (broad SMARTS) is 1. The van der Waals surface area contributed by atoms with E-state index < -0.39 is 11.9 Å². The summed E-state index contributed by atoms with van der Waals surface area (Å²) in [5.41, 5.74) is 0. The third kappa shape index (κ3) is 9.99. The highest BCUT2D eigenvalue weighted by molar-refractivity contribution is 5.78. The maximum atomic E-state index is 9.25. The maximum absolute atomic E-state index is 9.25. The second-order valence-electron chi connectivity index (χ2n) is 2.88. The van der Waals surface area contributed by atoms with E-state index in [1.54, 1.807) is 0 Å². The van der Waals surface area contributed by atoms with E-state index in [9.17, 15) is 4.79 Å². The minimum Gasteiger partial charge on any atom is -0.478 e. The lowest BCUT2D eigenvalue weighted by molar-refractivity contribution is -0.377. The zero-order chi connectivity index (χ0) is 13.7. The highest BCUT2D eigenvalue weighted by Gasteiger charge is 2.29. The van der Waals surface area contributed by atoms with Gasteiger partial charge >= 0.3 is 5.97 Å². The average Bonchev–Trinajstić information content (AvgIpc) is 2.30. The lowest BCUT2D eigenvalue weighted by Crippen LogP contribution is -2.38. The van der Waals surface area contributed by atoms with Gasteiger partial charge in [0.25, 0.3) is 5.97 Å². The predicted molar refractivity (Wildman–Crippen MR) is 65.7 cm³/mol. The van der Waals surface area contributed by atoms with Gasteiger partial charge < -0.3 is 19.3 Å². The van der Waals surface area contributed by atoms with E-state index in [1.807, 2.05) is 27.7 Å². The van der Waals surface area contributed by atoms with E-state index >= 15 is 0 Å². The van der Waals surface area contributed by atoms with Crippen LogP contribution in [0.3, 0.4) is 0 Å². The number of carboxylic acids is 1. The van der Waals surface area contributed by atoms with Crippen molar-refractivity contribution in [3.05, 3.63) is 12.7 Å². The van der Waals surface area contributed by atoms with Gasteiger partial charge in [-0.1, -0.05) is 13.5 Å². The molecule has 0 aliphatic carbocycles. The summed E-state index contributed by atoms with van der Waals surface area (Å²) in [7, 11) is 0. The Morgan fingerprint density at radius 3 is 1.53 bits per heavy atom. The molecule has 0 bridgehead atoms. The molecular weight excluding hydrogens is 224 g/mol. The highest BCUT2D eigenvalue weighted by Crippen LogP contribution is 2.19. The quantitative estimate of drug-likeness (QED) is 0.528. The molecule has 0 atom stereocenters. The molecule has 0 amide bonds. The summed E-state index contributed by atoms with van der Waals surface area (Å²) < 4.78 is 16.2. The molecule has 0 aliphatic heterocycles. The molecule has 1 N–H and O–H groups in total. The third-order valence-corrected chi connectivity index (χ3v) is 1.70. The second-order valence-corrected chi connectivity index (χ2v) is 2.88. The molecule has 0 aromatic carbocycles. The van der Waals surface area contributed by atoms with Gasteiger partial charge in [0, 0.05) is 32.3 Å². The smallest absolute Gasteiger partial charge is 0.327 e. The summed E-state index contributed by atoms with van der Waals surface area (Å²) in [5.74, 6) is -1.79. The molecule has 0 rings (SSSR count). The van der Waals surface area contributed by atoms with Crippen LogP contribution < -0.4 is 0 Å². The lowest BCUT2D eigenvalue weighted by atomic mass is 10.4. The Morgan fingerprint density at radius 2 is 1.41 bits per heavy atom. The molecule has 0 unspecified atom stereocenters. The minimum atomic E-state index is -0.981. The van der Waals surface area contributed by atoms with E-state index in [2.05, 4.69) is 6.58 Å². The first kappa shape index (κ1) is 18.5. The standard InChI is InChI=1S/C9H20O3.C3H4O2/c1-5-9(10-6-2,11-7-3)12-8-4;1-2-3(4)5/h5-8H2,1-4H3;2H,1H2,(H,4,5). The minimum absolute atomic E-state index is 0.605. The number of rotatable bonds is 8. The third-order valence-electron chi connectivity index (χ3n) is 1.70. The normalized spacial score (nSPS) is 10.4. The molecule has 0 aromatic rings. The van der Waals surface area contributed by atoms with Crippen LogP contribution in [0, 0.1) is 0 Å². The first-order valence-electron chi connectivity index (χ1n) is 5.79. The van der Waals surface area contributed by atoms with Crippen LogP contribution >= 0.6 is 0 Å². The topological polar surface area (TPSA) is 65.0 Å². The number of hydrogen-bond acceptors (Lipinski definition) is 4. The summed E-state index contributed by atoms with van der Waals surface area (Å²) in [6.07, 6.45) is 1.54. The molecule has 0 radical (unpaired) electrons. The van der Waals surface area contributed by atoms with Gasteiger partial charge in [-0.25, -0.2) is 4.79 Å². The summed E-state index contributed by atoms with van der Waals surface area (Å²) >= 11 is 0. The van der Waals surface area contributed by atoms with Crippen LogP contribution in [0.1, 0.15) is 34.1 Å². The van der Waals surface area contributed by atoms with Crippen molar-refractivity contribution in [2.75, 3.05) is 19.8 Å². The first-order valence-corrected chi connectivity index (χ1v) is 5.79. The Kier molecular flexibility index (Phi) is 12.6. The van der Waals surface area contributed by atoms with Crippen molar-refractivity contribution < 1.29 is 24.1 Å². The fourth-order valence-corrected chi connectivity index (χ4v) is 1.09. The molecule has 0 aliphatic rings.